The van der Waals surface area contributed by atoms with Crippen molar-refractivity contribution in [1.82, 2.24) is 5.43 Å². The molecule has 1 aromatic carbocycles. The largest absolute Gasteiger partial charge is 0.486 e. The summed E-state index contributed by atoms with van der Waals surface area (Å²) >= 11 is 0. The number of nitrogens with two attached hydrogens (primary N) is 2. The molecular formula is C10H15N3O2. The summed E-state index contributed by atoms with van der Waals surface area (Å²) in [6.45, 7) is 3.12. The van der Waals surface area contributed by atoms with Gasteiger partial charge in [0.1, 0.15) is 13.2 Å². The van der Waals surface area contributed by atoms with E-state index in [0.717, 1.165) is 22.6 Å². The number of fused-ring (bicyclic) bond motifs is 1. The topological polar surface area (TPSA) is 82.5 Å². The van der Waals surface area contributed by atoms with E-state index in [1.807, 2.05) is 19.1 Å². The Balaban J connectivity index is 2.40. The van der Waals surface area contributed by atoms with E-state index >= 15 is 0 Å². The van der Waals surface area contributed by atoms with Crippen LogP contribution in [0.1, 0.15) is 17.3 Å². The van der Waals surface area contributed by atoms with Crippen molar-refractivity contribution in [2.45, 2.75) is 13.1 Å². The van der Waals surface area contributed by atoms with Crippen molar-refractivity contribution in [2.24, 2.45) is 11.6 Å². The van der Waals surface area contributed by atoms with Gasteiger partial charge in [0.2, 0.25) is 0 Å². The molecule has 15 heavy (non-hydrogen) atoms. The molecule has 0 bridgehead atoms. The maximum Gasteiger partial charge on any atom is 0.161 e. The summed E-state index contributed by atoms with van der Waals surface area (Å²) in [5, 5.41) is 0. The van der Waals surface area contributed by atoms with Crippen LogP contribution in [0.5, 0.6) is 11.5 Å². The number of hydrogen-bond acceptors (Lipinski definition) is 5. The molecule has 1 aliphatic rings. The Hall–Kier alpha value is -1.30. The molecule has 1 aromatic rings. The molecule has 82 valence electrons. The van der Waals surface area contributed by atoms with Crippen LogP contribution in [-0.4, -0.2) is 13.2 Å². The first-order valence-electron chi connectivity index (χ1n) is 4.84. The van der Waals surface area contributed by atoms with E-state index in [-0.39, 0.29) is 6.17 Å². The van der Waals surface area contributed by atoms with Crippen molar-refractivity contribution >= 4 is 0 Å². The molecule has 0 aliphatic carbocycles. The summed E-state index contributed by atoms with van der Waals surface area (Å²) < 4.78 is 10.9. The maximum atomic E-state index is 5.80. The van der Waals surface area contributed by atoms with Crippen molar-refractivity contribution in [3.8, 4) is 11.5 Å². The Morgan fingerprint density at radius 2 is 1.87 bits per heavy atom. The summed E-state index contributed by atoms with van der Waals surface area (Å²) in [6, 6.07) is 3.79. The predicted octanol–water partition coefficient (Wildman–Crippen LogP) is 0.187. The van der Waals surface area contributed by atoms with E-state index in [1.165, 1.54) is 0 Å². The Morgan fingerprint density at radius 1 is 1.27 bits per heavy atom. The van der Waals surface area contributed by atoms with Gasteiger partial charge in [0.05, 0.1) is 6.17 Å². The number of benzene rings is 1. The van der Waals surface area contributed by atoms with Gasteiger partial charge in [0, 0.05) is 0 Å². The van der Waals surface area contributed by atoms with Gasteiger partial charge >= 0.3 is 0 Å². The average molecular weight is 209 g/mol. The fraction of sp³-hybridized carbons (Fsp3) is 0.400. The monoisotopic (exact) mass is 209 g/mol. The van der Waals surface area contributed by atoms with Crippen molar-refractivity contribution in [1.29, 1.82) is 0 Å². The van der Waals surface area contributed by atoms with Crippen LogP contribution in [0.2, 0.25) is 0 Å². The number of hydrazine groups is 1. The lowest BCUT2D eigenvalue weighted by molar-refractivity contribution is 0.171. The molecule has 5 N–H and O–H groups in total. The second-order valence-electron chi connectivity index (χ2n) is 3.50. The normalized spacial score (nSPS) is 16.2. The molecule has 0 saturated carbocycles. The highest BCUT2D eigenvalue weighted by Gasteiger charge is 2.16. The first kappa shape index (κ1) is 10.2. The van der Waals surface area contributed by atoms with Gasteiger partial charge in [0.15, 0.2) is 11.5 Å². The number of nitrogens with one attached hydrogen (secondary N) is 1. The lowest BCUT2D eigenvalue weighted by Gasteiger charge is -2.22. The molecule has 5 heteroatoms. The lowest BCUT2D eigenvalue weighted by Crippen LogP contribution is -2.34. The van der Waals surface area contributed by atoms with Gasteiger partial charge < -0.3 is 15.2 Å². The van der Waals surface area contributed by atoms with Crippen molar-refractivity contribution in [2.75, 3.05) is 13.2 Å². The van der Waals surface area contributed by atoms with Crippen LogP contribution in [0.25, 0.3) is 0 Å². The Morgan fingerprint density at radius 3 is 2.47 bits per heavy atom. The second kappa shape index (κ2) is 4.06. The zero-order chi connectivity index (χ0) is 10.8. The predicted molar refractivity (Wildman–Crippen MR) is 56.4 cm³/mol. The third kappa shape index (κ3) is 1.90. The van der Waals surface area contributed by atoms with E-state index in [1.54, 1.807) is 0 Å². The molecule has 2 rings (SSSR count). The fourth-order valence-corrected chi connectivity index (χ4v) is 1.63. The standard InChI is InChI=1S/C10H15N3O2/c1-6-4-8-9(15-3-2-14-8)5-7(6)10(11)13-12/h4-5,10,13H,2-3,11-12H2,1H3. The van der Waals surface area contributed by atoms with Crippen LogP contribution in [0.15, 0.2) is 12.1 Å². The van der Waals surface area contributed by atoms with Crippen molar-refractivity contribution in [3.05, 3.63) is 23.3 Å². The first-order valence-corrected chi connectivity index (χ1v) is 4.84. The Bertz CT molecular complexity index is 368. The molecule has 0 radical (unpaired) electrons. The van der Waals surface area contributed by atoms with Gasteiger partial charge in [-0.25, -0.2) is 5.43 Å². The highest BCUT2D eigenvalue weighted by molar-refractivity contribution is 5.48. The van der Waals surface area contributed by atoms with Crippen LogP contribution in [0, 0.1) is 6.92 Å². The summed E-state index contributed by atoms with van der Waals surface area (Å²) in [5.74, 6) is 6.80. The maximum absolute atomic E-state index is 5.80. The zero-order valence-electron chi connectivity index (χ0n) is 8.62. The van der Waals surface area contributed by atoms with Crippen LogP contribution in [-0.2, 0) is 0 Å². The van der Waals surface area contributed by atoms with E-state index in [2.05, 4.69) is 5.43 Å². The number of rotatable bonds is 2. The third-order valence-electron chi connectivity index (χ3n) is 2.45. The quantitative estimate of drug-likeness (QED) is 0.368. The molecule has 0 saturated heterocycles. The third-order valence-corrected chi connectivity index (χ3v) is 2.45. The van der Waals surface area contributed by atoms with Gasteiger partial charge in [-0.2, -0.15) is 0 Å². The number of aryl methyl sites for hydroxylation is 1. The minimum absolute atomic E-state index is 0.388. The molecule has 1 atom stereocenters. The lowest BCUT2D eigenvalue weighted by atomic mass is 10.1. The molecule has 1 unspecified atom stereocenters. The highest BCUT2D eigenvalue weighted by atomic mass is 16.6. The molecular weight excluding hydrogens is 194 g/mol. The molecule has 5 nitrogen and oxygen atoms in total. The SMILES string of the molecule is Cc1cc2c(cc1C(N)NN)OCCO2. The minimum atomic E-state index is -0.388. The van der Waals surface area contributed by atoms with E-state index in [9.17, 15) is 0 Å². The Kier molecular flexibility index (Phi) is 2.77. The fourth-order valence-electron chi connectivity index (χ4n) is 1.63. The number of ether oxygens (including phenoxy) is 2. The Labute approximate surface area is 88.3 Å². The smallest absolute Gasteiger partial charge is 0.161 e. The van der Waals surface area contributed by atoms with Gasteiger partial charge in [0.25, 0.3) is 0 Å². The van der Waals surface area contributed by atoms with Crippen LogP contribution in [0.3, 0.4) is 0 Å². The van der Waals surface area contributed by atoms with E-state index in [4.69, 9.17) is 21.1 Å². The number of hydrogen-bond donors (Lipinski definition) is 3. The molecule has 0 fully saturated rings. The van der Waals surface area contributed by atoms with Gasteiger partial charge in [-0.05, 0) is 30.2 Å². The molecule has 1 aliphatic heterocycles. The van der Waals surface area contributed by atoms with Gasteiger partial charge in [-0.3, -0.25) is 5.84 Å². The molecule has 0 aromatic heterocycles. The second-order valence-corrected chi connectivity index (χ2v) is 3.50. The molecule has 0 spiro atoms. The van der Waals surface area contributed by atoms with E-state index in [0.29, 0.717) is 13.2 Å². The van der Waals surface area contributed by atoms with E-state index < -0.39 is 0 Å². The van der Waals surface area contributed by atoms with Gasteiger partial charge in [-0.1, -0.05) is 0 Å². The van der Waals surface area contributed by atoms with Crippen molar-refractivity contribution in [3.63, 3.8) is 0 Å². The van der Waals surface area contributed by atoms with Crippen LogP contribution in [0.4, 0.5) is 0 Å². The summed E-state index contributed by atoms with van der Waals surface area (Å²) in [5.41, 5.74) is 10.3. The highest BCUT2D eigenvalue weighted by Crippen LogP contribution is 2.34. The average Bonchev–Trinajstić information content (AvgIpc) is 2.27. The summed E-state index contributed by atoms with van der Waals surface area (Å²) in [6.07, 6.45) is -0.388. The van der Waals surface area contributed by atoms with Crippen LogP contribution < -0.4 is 26.5 Å². The minimum Gasteiger partial charge on any atom is -0.486 e. The summed E-state index contributed by atoms with van der Waals surface area (Å²) in [7, 11) is 0. The summed E-state index contributed by atoms with van der Waals surface area (Å²) in [4.78, 5) is 0. The van der Waals surface area contributed by atoms with Gasteiger partial charge in [-0.15, -0.1) is 0 Å². The first-order chi connectivity index (χ1) is 7.22. The zero-order valence-corrected chi connectivity index (χ0v) is 8.62. The molecule has 1 heterocycles. The van der Waals surface area contributed by atoms with Crippen LogP contribution >= 0.6 is 0 Å². The molecule has 0 amide bonds. The van der Waals surface area contributed by atoms with Crippen molar-refractivity contribution < 1.29 is 9.47 Å².